The summed E-state index contributed by atoms with van der Waals surface area (Å²) >= 11 is 0. The number of rotatable bonds is 4. The first-order valence-electron chi connectivity index (χ1n) is 6.07. The summed E-state index contributed by atoms with van der Waals surface area (Å²) in [5.74, 6) is -0.331. The minimum absolute atomic E-state index is 0.220. The smallest absolute Gasteiger partial charge is 0.291 e. The van der Waals surface area contributed by atoms with Crippen LogP contribution in [0.2, 0.25) is 0 Å². The first kappa shape index (κ1) is 13.6. The van der Waals surface area contributed by atoms with Crippen molar-refractivity contribution in [2.24, 2.45) is 0 Å². The standard InChI is InChI=1S/C15H14N2O3/c1-2-5-14(18)16-11-6-3-7-12(10-11)17-15(19)13-8-4-9-20-13/h2-10H,1H3,(H,16,18)(H,17,19)/b5-2+. The SMILES string of the molecule is C/C=C/C(=O)Nc1cccc(NC(=O)c2ccco2)c1. The number of nitrogens with one attached hydrogen (secondary N) is 2. The van der Waals surface area contributed by atoms with Gasteiger partial charge in [-0.2, -0.15) is 0 Å². The molecule has 5 nitrogen and oxygen atoms in total. The van der Waals surface area contributed by atoms with Gasteiger partial charge in [0.05, 0.1) is 6.26 Å². The zero-order chi connectivity index (χ0) is 14.4. The van der Waals surface area contributed by atoms with Gasteiger partial charge < -0.3 is 15.1 Å². The topological polar surface area (TPSA) is 71.3 Å². The third kappa shape index (κ3) is 3.58. The van der Waals surface area contributed by atoms with E-state index in [1.165, 1.54) is 12.3 Å². The highest BCUT2D eigenvalue weighted by atomic mass is 16.3. The third-order valence-electron chi connectivity index (χ3n) is 2.45. The van der Waals surface area contributed by atoms with E-state index in [0.29, 0.717) is 11.4 Å². The monoisotopic (exact) mass is 270 g/mol. The number of hydrogen-bond donors (Lipinski definition) is 2. The Morgan fingerprint density at radius 2 is 1.85 bits per heavy atom. The maximum absolute atomic E-state index is 11.8. The van der Waals surface area contributed by atoms with E-state index < -0.39 is 0 Å². The molecule has 5 heteroatoms. The minimum atomic E-state index is -0.341. The van der Waals surface area contributed by atoms with Crippen LogP contribution in [0.4, 0.5) is 11.4 Å². The van der Waals surface area contributed by atoms with Crippen molar-refractivity contribution in [3.8, 4) is 0 Å². The molecule has 20 heavy (non-hydrogen) atoms. The molecule has 0 aliphatic carbocycles. The Morgan fingerprint density at radius 3 is 2.50 bits per heavy atom. The second-order valence-corrected chi connectivity index (χ2v) is 4.00. The summed E-state index contributed by atoms with van der Waals surface area (Å²) in [6.07, 6.45) is 4.51. The first-order valence-corrected chi connectivity index (χ1v) is 6.07. The molecule has 0 bridgehead atoms. The van der Waals surface area contributed by atoms with Crippen molar-refractivity contribution < 1.29 is 14.0 Å². The quantitative estimate of drug-likeness (QED) is 0.839. The molecule has 1 aromatic carbocycles. The maximum Gasteiger partial charge on any atom is 0.291 e. The van der Waals surface area contributed by atoms with E-state index in [2.05, 4.69) is 10.6 Å². The average molecular weight is 270 g/mol. The lowest BCUT2D eigenvalue weighted by atomic mass is 10.2. The largest absolute Gasteiger partial charge is 0.459 e. The summed E-state index contributed by atoms with van der Waals surface area (Å²) in [5.41, 5.74) is 1.18. The fourth-order valence-electron chi connectivity index (χ4n) is 1.61. The second kappa shape index (κ2) is 6.38. The van der Waals surface area contributed by atoms with Gasteiger partial charge in [-0.15, -0.1) is 0 Å². The highest BCUT2D eigenvalue weighted by molar-refractivity contribution is 6.03. The van der Waals surface area contributed by atoms with Crippen LogP contribution in [-0.2, 0) is 4.79 Å². The van der Waals surface area contributed by atoms with Crippen LogP contribution < -0.4 is 10.6 Å². The Balaban J connectivity index is 2.06. The number of benzene rings is 1. The van der Waals surface area contributed by atoms with E-state index >= 15 is 0 Å². The molecular formula is C15H14N2O3. The van der Waals surface area contributed by atoms with Crippen LogP contribution in [0.25, 0.3) is 0 Å². The molecular weight excluding hydrogens is 256 g/mol. The number of hydrogen-bond acceptors (Lipinski definition) is 3. The Morgan fingerprint density at radius 1 is 1.10 bits per heavy atom. The third-order valence-corrected chi connectivity index (χ3v) is 2.45. The van der Waals surface area contributed by atoms with Crippen LogP contribution in [0.5, 0.6) is 0 Å². The fraction of sp³-hybridized carbons (Fsp3) is 0.0667. The van der Waals surface area contributed by atoms with Crippen LogP contribution in [0.15, 0.2) is 59.2 Å². The van der Waals surface area contributed by atoms with Gasteiger partial charge in [0.1, 0.15) is 0 Å². The van der Waals surface area contributed by atoms with Crippen molar-refractivity contribution in [2.75, 3.05) is 10.6 Å². The number of amides is 2. The predicted octanol–water partition coefficient (Wildman–Crippen LogP) is 3.05. The molecule has 1 heterocycles. The summed E-state index contributed by atoms with van der Waals surface area (Å²) < 4.78 is 5.00. The molecule has 0 spiro atoms. The van der Waals surface area contributed by atoms with Crippen molar-refractivity contribution in [2.45, 2.75) is 6.92 Å². The molecule has 0 atom stereocenters. The highest BCUT2D eigenvalue weighted by Gasteiger charge is 2.08. The molecule has 2 N–H and O–H groups in total. The summed E-state index contributed by atoms with van der Waals surface area (Å²) in [7, 11) is 0. The average Bonchev–Trinajstić information content (AvgIpc) is 2.93. The van der Waals surface area contributed by atoms with Gasteiger partial charge in [0.2, 0.25) is 5.91 Å². The number of furan rings is 1. The van der Waals surface area contributed by atoms with Crippen molar-refractivity contribution in [3.63, 3.8) is 0 Å². The molecule has 0 aliphatic rings. The zero-order valence-corrected chi connectivity index (χ0v) is 10.9. The number of carbonyl (C=O) groups is 2. The van der Waals surface area contributed by atoms with Gasteiger partial charge in [-0.25, -0.2) is 0 Å². The fourth-order valence-corrected chi connectivity index (χ4v) is 1.61. The Labute approximate surface area is 116 Å². The van der Waals surface area contributed by atoms with Gasteiger partial charge in [-0.3, -0.25) is 9.59 Å². The first-order chi connectivity index (χ1) is 9.69. The Kier molecular flexibility index (Phi) is 4.34. The summed E-state index contributed by atoms with van der Waals surface area (Å²) in [6, 6.07) is 10.1. The van der Waals surface area contributed by atoms with Gasteiger partial charge >= 0.3 is 0 Å². The van der Waals surface area contributed by atoms with E-state index in [9.17, 15) is 9.59 Å². The summed E-state index contributed by atoms with van der Waals surface area (Å²) in [6.45, 7) is 1.76. The second-order valence-electron chi connectivity index (χ2n) is 4.00. The van der Waals surface area contributed by atoms with Gasteiger partial charge in [0, 0.05) is 11.4 Å². The highest BCUT2D eigenvalue weighted by Crippen LogP contribution is 2.16. The van der Waals surface area contributed by atoms with Crippen LogP contribution in [-0.4, -0.2) is 11.8 Å². The molecule has 0 unspecified atom stereocenters. The lowest BCUT2D eigenvalue weighted by Gasteiger charge is -2.06. The minimum Gasteiger partial charge on any atom is -0.459 e. The molecule has 1 aromatic heterocycles. The van der Waals surface area contributed by atoms with Crippen LogP contribution >= 0.6 is 0 Å². The van der Waals surface area contributed by atoms with E-state index in [0.717, 1.165) is 0 Å². The summed E-state index contributed by atoms with van der Waals surface area (Å²) in [4.78, 5) is 23.2. The molecule has 2 amide bonds. The van der Waals surface area contributed by atoms with Crippen LogP contribution in [0.3, 0.4) is 0 Å². The van der Waals surface area contributed by atoms with Crippen LogP contribution in [0.1, 0.15) is 17.5 Å². The van der Waals surface area contributed by atoms with Gasteiger partial charge in [-0.1, -0.05) is 12.1 Å². The van der Waals surface area contributed by atoms with Crippen molar-refractivity contribution in [3.05, 3.63) is 60.6 Å². The van der Waals surface area contributed by atoms with Gasteiger partial charge in [-0.05, 0) is 43.3 Å². The lowest BCUT2D eigenvalue weighted by molar-refractivity contribution is -0.111. The van der Waals surface area contributed by atoms with E-state index in [4.69, 9.17) is 4.42 Å². The van der Waals surface area contributed by atoms with Crippen molar-refractivity contribution >= 4 is 23.2 Å². The Hall–Kier alpha value is -2.82. The zero-order valence-electron chi connectivity index (χ0n) is 10.9. The molecule has 0 radical (unpaired) electrons. The van der Waals surface area contributed by atoms with Crippen LogP contribution in [0, 0.1) is 0 Å². The van der Waals surface area contributed by atoms with Gasteiger partial charge in [0.15, 0.2) is 5.76 Å². The molecule has 0 saturated heterocycles. The normalized spacial score (nSPS) is 10.4. The van der Waals surface area contributed by atoms with E-state index in [-0.39, 0.29) is 17.6 Å². The molecule has 2 aromatic rings. The lowest BCUT2D eigenvalue weighted by Crippen LogP contribution is -2.12. The van der Waals surface area contributed by atoms with Crippen molar-refractivity contribution in [1.29, 1.82) is 0 Å². The predicted molar refractivity (Wildman–Crippen MR) is 76.5 cm³/mol. The molecule has 0 saturated carbocycles. The molecule has 2 rings (SSSR count). The van der Waals surface area contributed by atoms with Gasteiger partial charge in [0.25, 0.3) is 5.91 Å². The number of anilines is 2. The molecule has 0 fully saturated rings. The molecule has 0 aliphatic heterocycles. The van der Waals surface area contributed by atoms with E-state index in [1.54, 1.807) is 49.4 Å². The maximum atomic E-state index is 11.8. The number of carbonyl (C=O) groups excluding carboxylic acids is 2. The van der Waals surface area contributed by atoms with Crippen molar-refractivity contribution in [1.82, 2.24) is 0 Å². The molecule has 102 valence electrons. The van der Waals surface area contributed by atoms with E-state index in [1.807, 2.05) is 0 Å². The number of allylic oxidation sites excluding steroid dienone is 1. The summed E-state index contributed by atoms with van der Waals surface area (Å²) in [5, 5.41) is 5.38. The Bertz CT molecular complexity index is 630.